The fourth-order valence-corrected chi connectivity index (χ4v) is 2.79. The van der Waals surface area contributed by atoms with Gasteiger partial charge in [-0.05, 0) is 32.9 Å². The zero-order valence-corrected chi connectivity index (χ0v) is 11.9. The Morgan fingerprint density at radius 3 is 2.67 bits per heavy atom. The van der Waals surface area contributed by atoms with Crippen molar-refractivity contribution in [3.63, 3.8) is 0 Å². The molecule has 0 bridgehead atoms. The summed E-state index contributed by atoms with van der Waals surface area (Å²) >= 11 is 0. The average Bonchev–Trinajstić information content (AvgIpc) is 2.39. The summed E-state index contributed by atoms with van der Waals surface area (Å²) in [7, 11) is -1.88. The molecule has 1 aliphatic rings. The van der Waals surface area contributed by atoms with E-state index in [9.17, 15) is 13.2 Å². The number of rotatable bonds is 6. The average molecular weight is 277 g/mol. The van der Waals surface area contributed by atoms with E-state index < -0.39 is 10.0 Å². The summed E-state index contributed by atoms with van der Waals surface area (Å²) < 4.78 is 24.7. The van der Waals surface area contributed by atoms with Gasteiger partial charge in [0.1, 0.15) is 0 Å². The van der Waals surface area contributed by atoms with Gasteiger partial charge in [-0.1, -0.05) is 6.92 Å². The van der Waals surface area contributed by atoms with E-state index in [1.54, 1.807) is 0 Å². The van der Waals surface area contributed by atoms with Gasteiger partial charge in [0.25, 0.3) is 0 Å². The van der Waals surface area contributed by atoms with Crippen molar-refractivity contribution in [3.05, 3.63) is 0 Å². The normalized spacial score (nSPS) is 24.8. The molecule has 0 aliphatic carbocycles. The first-order chi connectivity index (χ1) is 8.46. The smallest absolute Gasteiger partial charge is 0.227 e. The molecule has 1 saturated heterocycles. The summed E-state index contributed by atoms with van der Waals surface area (Å²) in [4.78, 5) is 12.2. The molecule has 0 aromatic rings. The van der Waals surface area contributed by atoms with E-state index in [0.29, 0.717) is 6.54 Å². The topological polar surface area (TPSA) is 87.3 Å². The molecule has 1 atom stereocenters. The number of hydrogen-bond donors (Lipinski definition) is 3. The van der Waals surface area contributed by atoms with E-state index in [1.807, 2.05) is 6.92 Å². The molecule has 7 heteroatoms. The largest absolute Gasteiger partial charge is 0.355 e. The molecule has 0 radical (unpaired) electrons. The Morgan fingerprint density at radius 1 is 1.44 bits per heavy atom. The number of carbonyl (C=O) groups excluding carboxylic acids is 1. The number of hydrogen-bond acceptors (Lipinski definition) is 4. The maximum absolute atomic E-state index is 12.2. The number of piperidine rings is 1. The monoisotopic (exact) mass is 277 g/mol. The van der Waals surface area contributed by atoms with Gasteiger partial charge in [0.15, 0.2) is 0 Å². The van der Waals surface area contributed by atoms with Gasteiger partial charge in [-0.15, -0.1) is 0 Å². The zero-order valence-electron chi connectivity index (χ0n) is 11.1. The van der Waals surface area contributed by atoms with Gasteiger partial charge in [0, 0.05) is 13.1 Å². The Balaban J connectivity index is 2.48. The summed E-state index contributed by atoms with van der Waals surface area (Å²) in [5.41, 5.74) is -0.373. The minimum absolute atomic E-state index is 0.0384. The summed E-state index contributed by atoms with van der Waals surface area (Å²) in [6.07, 6.45) is 2.61. The van der Waals surface area contributed by atoms with Gasteiger partial charge in [0.2, 0.25) is 15.9 Å². The maximum atomic E-state index is 12.2. The van der Waals surface area contributed by atoms with Crippen LogP contribution >= 0.6 is 0 Å². The second-order valence-electron chi connectivity index (χ2n) is 4.69. The van der Waals surface area contributed by atoms with Gasteiger partial charge >= 0.3 is 0 Å². The fraction of sp³-hybridized carbons (Fsp3) is 0.909. The van der Waals surface area contributed by atoms with Crippen molar-refractivity contribution in [2.24, 2.45) is 5.41 Å². The van der Waals surface area contributed by atoms with Crippen molar-refractivity contribution >= 4 is 15.9 Å². The molecule has 1 fully saturated rings. The van der Waals surface area contributed by atoms with Crippen LogP contribution in [0, 0.1) is 5.41 Å². The predicted octanol–water partition coefficient (Wildman–Crippen LogP) is -0.568. The fourth-order valence-electron chi connectivity index (χ4n) is 2.21. The summed E-state index contributed by atoms with van der Waals surface area (Å²) in [6, 6.07) is 0. The van der Waals surface area contributed by atoms with Crippen LogP contribution in [0.4, 0.5) is 0 Å². The third-order valence-electron chi connectivity index (χ3n) is 3.60. The van der Waals surface area contributed by atoms with Crippen LogP contribution in [-0.4, -0.2) is 46.8 Å². The molecule has 1 heterocycles. The van der Waals surface area contributed by atoms with Crippen molar-refractivity contribution in [1.82, 2.24) is 15.4 Å². The lowest BCUT2D eigenvalue weighted by molar-refractivity contribution is -0.132. The lowest BCUT2D eigenvalue weighted by atomic mass is 9.77. The summed E-state index contributed by atoms with van der Waals surface area (Å²) in [5, 5.41) is 5.97. The minimum Gasteiger partial charge on any atom is -0.355 e. The Bertz CT molecular complexity index is 375. The van der Waals surface area contributed by atoms with Crippen molar-refractivity contribution in [2.75, 3.05) is 32.4 Å². The molecule has 6 nitrogen and oxygen atoms in total. The van der Waals surface area contributed by atoms with E-state index >= 15 is 0 Å². The Morgan fingerprint density at radius 2 is 2.17 bits per heavy atom. The number of amides is 1. The number of carbonyl (C=O) groups is 1. The Hall–Kier alpha value is -0.660. The first kappa shape index (κ1) is 15.4. The minimum atomic E-state index is -3.25. The van der Waals surface area contributed by atoms with E-state index in [2.05, 4.69) is 15.4 Å². The van der Waals surface area contributed by atoms with Crippen LogP contribution < -0.4 is 15.4 Å². The standard InChI is InChI=1S/C11H23N3O3S/c1-3-11(5-4-6-13-9-11)10(15)14-7-8-18(16,17)12-2/h12-13H,3-9H2,1-2H3,(H,14,15). The van der Waals surface area contributed by atoms with Crippen LogP contribution in [0.2, 0.25) is 0 Å². The first-order valence-electron chi connectivity index (χ1n) is 6.36. The van der Waals surface area contributed by atoms with Crippen LogP contribution in [0.25, 0.3) is 0 Å². The number of nitrogens with one attached hydrogen (secondary N) is 3. The Kier molecular flexibility index (Phi) is 5.55. The highest BCUT2D eigenvalue weighted by atomic mass is 32.2. The molecule has 1 rings (SSSR count). The lowest BCUT2D eigenvalue weighted by Gasteiger charge is -2.35. The quantitative estimate of drug-likeness (QED) is 0.607. The molecule has 0 aromatic heterocycles. The first-order valence-corrected chi connectivity index (χ1v) is 8.01. The molecule has 0 saturated carbocycles. The SMILES string of the molecule is CCC1(C(=O)NCCS(=O)(=O)NC)CCCNC1. The van der Waals surface area contributed by atoms with Crippen LogP contribution in [0.15, 0.2) is 0 Å². The van der Waals surface area contributed by atoms with Crippen LogP contribution in [0.1, 0.15) is 26.2 Å². The molecule has 0 spiro atoms. The predicted molar refractivity (Wildman–Crippen MR) is 70.7 cm³/mol. The van der Waals surface area contributed by atoms with Crippen molar-refractivity contribution in [2.45, 2.75) is 26.2 Å². The van der Waals surface area contributed by atoms with Crippen molar-refractivity contribution in [3.8, 4) is 0 Å². The third kappa shape index (κ3) is 3.93. The maximum Gasteiger partial charge on any atom is 0.227 e. The van der Waals surface area contributed by atoms with Crippen LogP contribution in [0.3, 0.4) is 0 Å². The van der Waals surface area contributed by atoms with E-state index in [-0.39, 0.29) is 23.6 Å². The summed E-state index contributed by atoms with van der Waals surface area (Å²) in [5.74, 6) is -0.119. The van der Waals surface area contributed by atoms with E-state index in [4.69, 9.17) is 0 Å². The second kappa shape index (κ2) is 6.49. The van der Waals surface area contributed by atoms with Gasteiger partial charge < -0.3 is 10.6 Å². The molecule has 1 unspecified atom stereocenters. The third-order valence-corrected chi connectivity index (χ3v) is 4.96. The molecule has 106 valence electrons. The van der Waals surface area contributed by atoms with Crippen molar-refractivity contribution < 1.29 is 13.2 Å². The Labute approximate surface area is 109 Å². The van der Waals surface area contributed by atoms with E-state index in [0.717, 1.165) is 25.8 Å². The molecule has 1 aliphatic heterocycles. The molecule has 0 aromatic carbocycles. The van der Waals surface area contributed by atoms with Crippen LogP contribution in [0.5, 0.6) is 0 Å². The lowest BCUT2D eigenvalue weighted by Crippen LogP contribution is -2.51. The molecule has 1 amide bonds. The molecular weight excluding hydrogens is 254 g/mol. The zero-order chi connectivity index (χ0) is 13.6. The highest BCUT2D eigenvalue weighted by Gasteiger charge is 2.37. The summed E-state index contributed by atoms with van der Waals surface area (Å²) in [6.45, 7) is 3.78. The molecule has 18 heavy (non-hydrogen) atoms. The van der Waals surface area contributed by atoms with Gasteiger partial charge in [-0.2, -0.15) is 0 Å². The molecular formula is C11H23N3O3S. The van der Waals surface area contributed by atoms with Gasteiger partial charge in [0.05, 0.1) is 11.2 Å². The van der Waals surface area contributed by atoms with Gasteiger partial charge in [-0.3, -0.25) is 4.79 Å². The van der Waals surface area contributed by atoms with E-state index in [1.165, 1.54) is 7.05 Å². The highest BCUT2D eigenvalue weighted by Crippen LogP contribution is 2.29. The van der Waals surface area contributed by atoms with Crippen LogP contribution in [-0.2, 0) is 14.8 Å². The molecule has 3 N–H and O–H groups in total. The van der Waals surface area contributed by atoms with Gasteiger partial charge in [-0.25, -0.2) is 13.1 Å². The number of sulfonamides is 1. The van der Waals surface area contributed by atoms with Crippen molar-refractivity contribution in [1.29, 1.82) is 0 Å². The highest BCUT2D eigenvalue weighted by molar-refractivity contribution is 7.89. The second-order valence-corrected chi connectivity index (χ2v) is 6.74.